The van der Waals surface area contributed by atoms with Crippen molar-refractivity contribution in [2.24, 2.45) is 0 Å². The predicted octanol–water partition coefficient (Wildman–Crippen LogP) is 9.70. The van der Waals surface area contributed by atoms with Crippen molar-refractivity contribution in [3.8, 4) is 58.4 Å². The summed E-state index contributed by atoms with van der Waals surface area (Å²) in [5.74, 6) is 0.825. The highest BCUT2D eigenvalue weighted by atomic mass is 32.3. The smallest absolute Gasteiger partial charge is 0.164 e. The molecule has 0 spiro atoms. The Kier molecular flexibility index (Phi) is 8.85. The Balaban J connectivity index is 1.51. The van der Waals surface area contributed by atoms with Crippen molar-refractivity contribution in [2.45, 2.75) is 19.6 Å². The van der Waals surface area contributed by atoms with E-state index >= 15 is 0 Å². The van der Waals surface area contributed by atoms with Crippen molar-refractivity contribution in [1.29, 1.82) is 21.0 Å². The molecule has 7 nitrogen and oxygen atoms in total. The van der Waals surface area contributed by atoms with Gasteiger partial charge in [-0.05, 0) is 84.9 Å². The van der Waals surface area contributed by atoms with Crippen LogP contribution < -0.4 is 0 Å². The summed E-state index contributed by atoms with van der Waals surface area (Å²) < 4.78 is 0. The lowest BCUT2D eigenvalue weighted by Gasteiger charge is -2.42. The molecule has 238 valence electrons. The van der Waals surface area contributed by atoms with E-state index in [-0.39, 0.29) is 33.9 Å². The van der Waals surface area contributed by atoms with Gasteiger partial charge in [0.25, 0.3) is 0 Å². The van der Waals surface area contributed by atoms with Crippen molar-refractivity contribution in [2.75, 3.05) is 0 Å². The average Bonchev–Trinajstić information content (AvgIpc) is 3.21. The molecule has 1 aromatic heterocycles. The molecular formula is C43H25N7S. The fraction of sp³-hybridized carbons (Fsp3) is 0. The van der Waals surface area contributed by atoms with Crippen molar-refractivity contribution in [3.63, 3.8) is 0 Å². The Bertz CT molecular complexity index is 2320. The van der Waals surface area contributed by atoms with Crippen LogP contribution in [0.2, 0.25) is 0 Å². The standard InChI is InChI=1S/C43H25N7S/c44-26-30-19-31(27-45)22-35(21-30)42-48-41(49-43(50-42)36-23-32(28-46)20-33(24-36)29-47)34-11-10-18-40(25-34)51(37-12-4-1-5-13-37,38-14-6-2-7-15-38)39-16-8-3-9-17-39/h1-25H. The predicted molar refractivity (Wildman–Crippen MR) is 195 cm³/mol. The highest BCUT2D eigenvalue weighted by Crippen LogP contribution is 2.73. The van der Waals surface area contributed by atoms with Crippen LogP contribution in [-0.2, 0) is 0 Å². The summed E-state index contributed by atoms with van der Waals surface area (Å²) in [4.78, 5) is 19.1. The summed E-state index contributed by atoms with van der Waals surface area (Å²) in [6.45, 7) is 0. The van der Waals surface area contributed by atoms with Crippen molar-refractivity contribution in [3.05, 3.63) is 174 Å². The molecule has 0 saturated heterocycles. The van der Waals surface area contributed by atoms with Crippen LogP contribution in [0.15, 0.2) is 171 Å². The molecule has 0 amide bonds. The number of nitriles is 4. The van der Waals surface area contributed by atoms with Gasteiger partial charge in [0.2, 0.25) is 0 Å². The van der Waals surface area contributed by atoms with Gasteiger partial charge in [-0.3, -0.25) is 0 Å². The summed E-state index contributed by atoms with van der Waals surface area (Å²) in [6.07, 6.45) is 0. The van der Waals surface area contributed by atoms with Crippen LogP contribution in [-0.4, -0.2) is 15.0 Å². The van der Waals surface area contributed by atoms with E-state index in [1.165, 1.54) is 12.1 Å². The number of hydrogen-bond acceptors (Lipinski definition) is 7. The van der Waals surface area contributed by atoms with Crippen LogP contribution in [0.5, 0.6) is 0 Å². The fourth-order valence-electron chi connectivity index (χ4n) is 6.05. The van der Waals surface area contributed by atoms with Crippen LogP contribution in [0.1, 0.15) is 22.3 Å². The third kappa shape index (κ3) is 6.19. The van der Waals surface area contributed by atoms with E-state index in [2.05, 4.69) is 109 Å². The number of nitrogens with zero attached hydrogens (tertiary/aromatic N) is 7. The van der Waals surface area contributed by atoms with Crippen molar-refractivity contribution >= 4 is 10.0 Å². The molecule has 0 aliphatic carbocycles. The van der Waals surface area contributed by atoms with E-state index in [0.29, 0.717) is 22.5 Å². The van der Waals surface area contributed by atoms with Gasteiger partial charge in [0, 0.05) is 36.3 Å². The second-order valence-electron chi connectivity index (χ2n) is 11.4. The van der Waals surface area contributed by atoms with Gasteiger partial charge in [0.05, 0.1) is 46.5 Å². The first-order chi connectivity index (χ1) is 25.0. The zero-order chi connectivity index (χ0) is 35.2. The van der Waals surface area contributed by atoms with Crippen LogP contribution in [0.25, 0.3) is 34.2 Å². The van der Waals surface area contributed by atoms with E-state index in [1.807, 2.05) is 30.3 Å². The van der Waals surface area contributed by atoms with E-state index in [9.17, 15) is 21.0 Å². The zero-order valence-electron chi connectivity index (χ0n) is 27.0. The third-order valence-electron chi connectivity index (χ3n) is 8.27. The fourth-order valence-corrected chi connectivity index (χ4v) is 9.97. The normalized spacial score (nSPS) is 11.0. The minimum Gasteiger partial charge on any atom is -0.208 e. The lowest BCUT2D eigenvalue weighted by atomic mass is 10.0. The Hall–Kier alpha value is -7.36. The Labute approximate surface area is 297 Å². The molecule has 6 aromatic carbocycles. The average molecular weight is 672 g/mol. The van der Waals surface area contributed by atoms with Crippen molar-refractivity contribution in [1.82, 2.24) is 15.0 Å². The molecule has 0 N–H and O–H groups in total. The van der Waals surface area contributed by atoms with Crippen LogP contribution in [0.4, 0.5) is 0 Å². The molecule has 1 heterocycles. The van der Waals surface area contributed by atoms with Gasteiger partial charge in [-0.2, -0.15) is 21.0 Å². The second-order valence-corrected chi connectivity index (χ2v) is 14.5. The SMILES string of the molecule is N#Cc1cc(C#N)cc(-c2nc(-c3cc(C#N)cc(C#N)c3)nc(-c3cccc(S(c4ccccc4)(c4ccccc4)c4ccccc4)c3)n2)c1. The van der Waals surface area contributed by atoms with Gasteiger partial charge < -0.3 is 0 Å². The summed E-state index contributed by atoms with van der Waals surface area (Å²) in [6, 6.07) is 57.6. The maximum Gasteiger partial charge on any atom is 0.164 e. The Morgan fingerprint density at radius 1 is 0.333 bits per heavy atom. The van der Waals surface area contributed by atoms with Gasteiger partial charge in [-0.1, -0.05) is 66.7 Å². The van der Waals surface area contributed by atoms with Gasteiger partial charge in [0.15, 0.2) is 17.5 Å². The summed E-state index contributed by atoms with van der Waals surface area (Å²) in [5, 5.41) is 38.9. The van der Waals surface area contributed by atoms with Crippen LogP contribution >= 0.6 is 10.0 Å². The lowest BCUT2D eigenvalue weighted by Crippen LogP contribution is -2.06. The van der Waals surface area contributed by atoms with Crippen LogP contribution in [0, 0.1) is 45.3 Å². The summed E-state index contributed by atoms with van der Waals surface area (Å²) >= 11 is 0. The topological polar surface area (TPSA) is 134 Å². The zero-order valence-corrected chi connectivity index (χ0v) is 27.8. The quantitative estimate of drug-likeness (QED) is 0.165. The molecule has 0 fully saturated rings. The van der Waals surface area contributed by atoms with Gasteiger partial charge >= 0.3 is 0 Å². The lowest BCUT2D eigenvalue weighted by molar-refractivity contribution is 1.07. The molecule has 0 aliphatic heterocycles. The third-order valence-corrected chi connectivity index (χ3v) is 12.2. The summed E-state index contributed by atoms with van der Waals surface area (Å²) in [5.41, 5.74) is 2.78. The molecule has 0 saturated carbocycles. The van der Waals surface area contributed by atoms with Gasteiger partial charge in [-0.15, -0.1) is 10.0 Å². The minimum absolute atomic E-state index is 0.239. The minimum atomic E-state index is -2.02. The maximum atomic E-state index is 9.73. The summed E-state index contributed by atoms with van der Waals surface area (Å²) in [7, 11) is -2.02. The molecule has 0 aliphatic rings. The number of aromatic nitrogens is 3. The molecule has 51 heavy (non-hydrogen) atoms. The first-order valence-corrected chi connectivity index (χ1v) is 17.5. The molecule has 0 radical (unpaired) electrons. The number of hydrogen-bond donors (Lipinski definition) is 0. The highest BCUT2D eigenvalue weighted by Gasteiger charge is 2.33. The molecule has 7 aromatic rings. The van der Waals surface area contributed by atoms with E-state index in [4.69, 9.17) is 15.0 Å². The number of rotatable bonds is 7. The molecule has 0 atom stereocenters. The Morgan fingerprint density at radius 3 is 1.02 bits per heavy atom. The first-order valence-electron chi connectivity index (χ1n) is 15.8. The largest absolute Gasteiger partial charge is 0.208 e. The van der Waals surface area contributed by atoms with E-state index in [1.54, 1.807) is 24.3 Å². The second kappa shape index (κ2) is 14.0. The molecular weight excluding hydrogens is 647 g/mol. The highest BCUT2D eigenvalue weighted by molar-refractivity contribution is 8.34. The molecule has 0 unspecified atom stereocenters. The maximum absolute atomic E-state index is 9.73. The molecule has 7 rings (SSSR count). The molecule has 0 bridgehead atoms. The van der Waals surface area contributed by atoms with Crippen LogP contribution in [0.3, 0.4) is 0 Å². The van der Waals surface area contributed by atoms with Crippen molar-refractivity contribution < 1.29 is 0 Å². The monoisotopic (exact) mass is 671 g/mol. The Morgan fingerprint density at radius 2 is 0.667 bits per heavy atom. The van der Waals surface area contributed by atoms with E-state index in [0.717, 1.165) is 19.6 Å². The van der Waals surface area contributed by atoms with Gasteiger partial charge in [-0.25, -0.2) is 15.0 Å². The van der Waals surface area contributed by atoms with Gasteiger partial charge in [0.1, 0.15) is 0 Å². The molecule has 8 heteroatoms. The first kappa shape index (κ1) is 32.2. The number of benzene rings is 6. The van der Waals surface area contributed by atoms with E-state index < -0.39 is 10.0 Å².